The molecule has 42 heavy (non-hydrogen) atoms. The number of ether oxygens (including phenoxy) is 1. The second-order valence-corrected chi connectivity index (χ2v) is 10.8. The fourth-order valence-electron chi connectivity index (χ4n) is 6.70. The zero-order valence-electron chi connectivity index (χ0n) is 22.8. The van der Waals surface area contributed by atoms with Crippen LogP contribution in [0.3, 0.4) is 0 Å². The second kappa shape index (κ2) is 9.76. The number of fused-ring (bicyclic) bond motifs is 4. The minimum absolute atomic E-state index is 0.122. The molecule has 3 aliphatic heterocycles. The van der Waals surface area contributed by atoms with E-state index in [0.717, 1.165) is 32.6 Å². The third-order valence-corrected chi connectivity index (χ3v) is 8.65. The quantitative estimate of drug-likeness (QED) is 0.348. The second-order valence-electron chi connectivity index (χ2n) is 10.8. The number of aromatic nitrogens is 1. The topological polar surface area (TPSA) is 123 Å². The number of benzene rings is 3. The van der Waals surface area contributed by atoms with Gasteiger partial charge in [0.1, 0.15) is 23.9 Å². The van der Waals surface area contributed by atoms with Gasteiger partial charge in [0, 0.05) is 29.6 Å². The molecule has 1 aromatic heterocycles. The molecule has 0 saturated carbocycles. The number of methoxy groups -OCH3 is 1. The summed E-state index contributed by atoms with van der Waals surface area (Å²) < 4.78 is 5.35. The van der Waals surface area contributed by atoms with Crippen molar-refractivity contribution in [3.8, 4) is 5.75 Å². The maximum Gasteiger partial charge on any atom is 0.332 e. The lowest BCUT2D eigenvalue weighted by atomic mass is 9.89. The summed E-state index contributed by atoms with van der Waals surface area (Å²) in [5.41, 5.74) is 3.82. The van der Waals surface area contributed by atoms with Gasteiger partial charge in [0.15, 0.2) is 0 Å². The summed E-state index contributed by atoms with van der Waals surface area (Å²) in [5, 5.41) is 10.7. The summed E-state index contributed by atoms with van der Waals surface area (Å²) in [5.74, 6) is -1.34. The Morgan fingerprint density at radius 3 is 2.48 bits per heavy atom. The maximum absolute atomic E-state index is 14.3. The predicted octanol–water partition coefficient (Wildman–Crippen LogP) is 4.35. The van der Waals surface area contributed by atoms with Crippen molar-refractivity contribution < 1.29 is 29.0 Å². The van der Waals surface area contributed by atoms with E-state index in [0.29, 0.717) is 31.6 Å². The number of likely N-dealkylation sites (tertiary alicyclic amines) is 1. The summed E-state index contributed by atoms with van der Waals surface area (Å²) in [4.78, 5) is 61.5. The minimum atomic E-state index is -1.07. The molecular formula is C32H28N4O6. The van der Waals surface area contributed by atoms with Gasteiger partial charge in [0.2, 0.25) is 0 Å². The van der Waals surface area contributed by atoms with Crippen LogP contribution in [0.15, 0.2) is 72.8 Å². The number of rotatable bonds is 5. The van der Waals surface area contributed by atoms with E-state index in [4.69, 9.17) is 4.74 Å². The van der Waals surface area contributed by atoms with E-state index >= 15 is 0 Å². The number of imide groups is 1. The first kappa shape index (κ1) is 25.8. The SMILES string of the molecule is COc1ccc([C@H]2c3[nH]c4ccccc4c3C[C@H]3C(=O)N(c4ccccc4C(=O)N4CCC[C@H]4C(=O)O)C(=O)N23)cc1. The van der Waals surface area contributed by atoms with Crippen LogP contribution in [-0.4, -0.2) is 69.4 Å². The largest absolute Gasteiger partial charge is 0.497 e. The highest BCUT2D eigenvalue weighted by atomic mass is 16.5. The van der Waals surface area contributed by atoms with Crippen LogP contribution in [0, 0.1) is 0 Å². The van der Waals surface area contributed by atoms with Crippen molar-refractivity contribution in [2.75, 3.05) is 18.6 Å². The lowest BCUT2D eigenvalue weighted by molar-refractivity contribution is -0.141. The molecule has 10 nitrogen and oxygen atoms in total. The summed E-state index contributed by atoms with van der Waals surface area (Å²) in [6, 6.07) is 18.9. The van der Waals surface area contributed by atoms with Gasteiger partial charge in [-0.05, 0) is 54.3 Å². The number of para-hydroxylation sites is 2. The van der Waals surface area contributed by atoms with Crippen LogP contribution in [0.2, 0.25) is 0 Å². The number of urea groups is 1. The van der Waals surface area contributed by atoms with Gasteiger partial charge in [-0.25, -0.2) is 14.5 Å². The Kier molecular flexibility index (Phi) is 6.00. The van der Waals surface area contributed by atoms with E-state index in [1.807, 2.05) is 48.5 Å². The average Bonchev–Trinajstić information content (AvgIpc) is 3.71. The zero-order valence-corrected chi connectivity index (χ0v) is 22.8. The van der Waals surface area contributed by atoms with Gasteiger partial charge < -0.3 is 19.7 Å². The van der Waals surface area contributed by atoms with E-state index < -0.39 is 41.9 Å². The van der Waals surface area contributed by atoms with Crippen LogP contribution in [0.1, 0.15) is 46.1 Å². The highest BCUT2D eigenvalue weighted by Gasteiger charge is 2.54. The van der Waals surface area contributed by atoms with Gasteiger partial charge in [-0.2, -0.15) is 0 Å². The lowest BCUT2D eigenvalue weighted by Crippen LogP contribution is -2.44. The lowest BCUT2D eigenvalue weighted by Gasteiger charge is -2.36. The van der Waals surface area contributed by atoms with Crippen molar-refractivity contribution in [2.24, 2.45) is 0 Å². The third kappa shape index (κ3) is 3.78. The van der Waals surface area contributed by atoms with Crippen LogP contribution in [-0.2, 0) is 16.0 Å². The van der Waals surface area contributed by atoms with Crippen molar-refractivity contribution in [2.45, 2.75) is 37.4 Å². The molecule has 3 aromatic carbocycles. The molecule has 2 saturated heterocycles. The number of carboxylic acid groups (broad SMARTS) is 1. The molecule has 212 valence electrons. The molecule has 0 aliphatic carbocycles. The number of carbonyl (C=O) groups excluding carboxylic acids is 3. The predicted molar refractivity (Wildman–Crippen MR) is 153 cm³/mol. The molecule has 0 spiro atoms. The Balaban J connectivity index is 1.33. The highest BCUT2D eigenvalue weighted by molar-refractivity contribution is 6.24. The molecule has 3 aliphatic rings. The molecular weight excluding hydrogens is 536 g/mol. The zero-order chi connectivity index (χ0) is 29.1. The van der Waals surface area contributed by atoms with Gasteiger partial charge in [0.25, 0.3) is 11.8 Å². The standard InChI is InChI=1S/C32H28N4O6/c1-42-19-14-12-18(13-15-19)28-27-22(20-7-2-4-9-23(20)33-27)17-26-30(38)36(32(41)35(26)28)24-10-5-3-8-21(24)29(37)34-16-6-11-25(34)31(39)40/h2-5,7-10,12-15,25-26,28,33H,6,11,16-17H2,1H3,(H,39,40)/t25-,26-,28-/m0/s1. The number of anilines is 1. The summed E-state index contributed by atoms with van der Waals surface area (Å²) in [7, 11) is 1.58. The number of carbonyl (C=O) groups is 4. The minimum Gasteiger partial charge on any atom is -0.497 e. The van der Waals surface area contributed by atoms with E-state index in [9.17, 15) is 24.3 Å². The van der Waals surface area contributed by atoms with Crippen molar-refractivity contribution in [3.63, 3.8) is 0 Å². The number of nitrogens with zero attached hydrogens (tertiary/aromatic N) is 3. The van der Waals surface area contributed by atoms with Crippen LogP contribution < -0.4 is 9.64 Å². The van der Waals surface area contributed by atoms with E-state index in [1.165, 1.54) is 4.90 Å². The van der Waals surface area contributed by atoms with Crippen molar-refractivity contribution in [1.82, 2.24) is 14.8 Å². The van der Waals surface area contributed by atoms with Crippen LogP contribution >= 0.6 is 0 Å². The number of H-pyrrole nitrogens is 1. The molecule has 2 N–H and O–H groups in total. The number of hydrogen-bond acceptors (Lipinski definition) is 5. The van der Waals surface area contributed by atoms with Gasteiger partial charge in [-0.15, -0.1) is 0 Å². The molecule has 4 amide bonds. The molecule has 10 heteroatoms. The van der Waals surface area contributed by atoms with Crippen LogP contribution in [0.25, 0.3) is 10.9 Å². The van der Waals surface area contributed by atoms with Crippen LogP contribution in [0.4, 0.5) is 10.5 Å². The number of amides is 4. The van der Waals surface area contributed by atoms with Crippen molar-refractivity contribution >= 4 is 40.4 Å². The molecule has 3 atom stereocenters. The van der Waals surface area contributed by atoms with Crippen molar-refractivity contribution in [3.05, 3.63) is 95.2 Å². The summed E-state index contributed by atoms with van der Waals surface area (Å²) in [6.07, 6.45) is 1.24. The highest BCUT2D eigenvalue weighted by Crippen LogP contribution is 2.45. The summed E-state index contributed by atoms with van der Waals surface area (Å²) in [6.45, 7) is 0.294. The number of carboxylic acids is 1. The first-order valence-electron chi connectivity index (χ1n) is 13.9. The first-order chi connectivity index (χ1) is 20.4. The number of hydrogen-bond donors (Lipinski definition) is 2. The number of aliphatic carboxylic acids is 1. The molecule has 4 heterocycles. The fourth-order valence-corrected chi connectivity index (χ4v) is 6.70. The maximum atomic E-state index is 14.3. The van der Waals surface area contributed by atoms with E-state index in [2.05, 4.69) is 4.98 Å². The van der Waals surface area contributed by atoms with Gasteiger partial charge >= 0.3 is 12.0 Å². The molecule has 0 radical (unpaired) electrons. The molecule has 7 rings (SSSR count). The Morgan fingerprint density at radius 1 is 0.976 bits per heavy atom. The first-order valence-corrected chi connectivity index (χ1v) is 13.9. The van der Waals surface area contributed by atoms with E-state index in [1.54, 1.807) is 36.3 Å². The van der Waals surface area contributed by atoms with Gasteiger partial charge in [-0.1, -0.05) is 42.5 Å². The van der Waals surface area contributed by atoms with Gasteiger partial charge in [0.05, 0.1) is 18.4 Å². The normalized spacial score (nSPS) is 21.5. The Hall–Kier alpha value is -5.12. The monoisotopic (exact) mass is 564 g/mol. The van der Waals surface area contributed by atoms with Crippen molar-refractivity contribution in [1.29, 1.82) is 0 Å². The molecule has 4 aromatic rings. The molecule has 0 bridgehead atoms. The number of aromatic amines is 1. The Labute approximate surface area is 241 Å². The van der Waals surface area contributed by atoms with Gasteiger partial charge in [-0.3, -0.25) is 14.5 Å². The van der Waals surface area contributed by atoms with E-state index in [-0.39, 0.29) is 11.3 Å². The molecule has 2 fully saturated rings. The number of nitrogens with one attached hydrogen (secondary N) is 1. The molecule has 0 unspecified atom stereocenters. The third-order valence-electron chi connectivity index (χ3n) is 8.65. The smallest absolute Gasteiger partial charge is 0.332 e. The Morgan fingerprint density at radius 2 is 1.71 bits per heavy atom. The Bertz CT molecular complexity index is 1760. The van der Waals surface area contributed by atoms with Crippen LogP contribution in [0.5, 0.6) is 5.75 Å². The average molecular weight is 565 g/mol. The fraction of sp³-hybridized carbons (Fsp3) is 0.250. The summed E-state index contributed by atoms with van der Waals surface area (Å²) >= 11 is 0.